The zero-order valence-electron chi connectivity index (χ0n) is 9.71. The van der Waals surface area contributed by atoms with Gasteiger partial charge in [0.1, 0.15) is 5.76 Å². The average molecular weight is 245 g/mol. The van der Waals surface area contributed by atoms with Crippen molar-refractivity contribution >= 4 is 0 Å². The lowest BCUT2D eigenvalue weighted by molar-refractivity contribution is 0.410. The Morgan fingerprint density at radius 2 is 2.17 bits per heavy atom. The van der Waals surface area contributed by atoms with E-state index in [1.807, 2.05) is 13.0 Å². The standard InChI is InChI=1S/C12H11N3O3/c1-7-4-5-16-10(7)11-14-12(18-15-11)9-3-2-8(6-13)17-9/h2-5H,6,13H2,1H3. The summed E-state index contributed by atoms with van der Waals surface area (Å²) in [4.78, 5) is 4.23. The van der Waals surface area contributed by atoms with Gasteiger partial charge in [0.2, 0.25) is 5.82 Å². The van der Waals surface area contributed by atoms with Gasteiger partial charge >= 0.3 is 0 Å². The number of hydrogen-bond acceptors (Lipinski definition) is 6. The van der Waals surface area contributed by atoms with Gasteiger partial charge in [0.15, 0.2) is 11.5 Å². The molecule has 0 aliphatic carbocycles. The van der Waals surface area contributed by atoms with Crippen molar-refractivity contribution in [2.24, 2.45) is 5.73 Å². The van der Waals surface area contributed by atoms with Gasteiger partial charge in [0, 0.05) is 0 Å². The van der Waals surface area contributed by atoms with Crippen LogP contribution in [0.4, 0.5) is 0 Å². The van der Waals surface area contributed by atoms with Crippen LogP contribution in [-0.4, -0.2) is 10.1 Å². The van der Waals surface area contributed by atoms with E-state index in [9.17, 15) is 0 Å². The van der Waals surface area contributed by atoms with Gasteiger partial charge in [0.05, 0.1) is 12.8 Å². The van der Waals surface area contributed by atoms with Crippen molar-refractivity contribution in [1.29, 1.82) is 0 Å². The Bertz CT molecular complexity index is 665. The molecular weight excluding hydrogens is 234 g/mol. The third kappa shape index (κ3) is 1.72. The Morgan fingerprint density at radius 3 is 2.83 bits per heavy atom. The first-order valence-corrected chi connectivity index (χ1v) is 5.45. The summed E-state index contributed by atoms with van der Waals surface area (Å²) in [5.41, 5.74) is 6.42. The maximum Gasteiger partial charge on any atom is 0.294 e. The summed E-state index contributed by atoms with van der Waals surface area (Å²) in [6, 6.07) is 5.36. The van der Waals surface area contributed by atoms with Crippen LogP contribution in [0.1, 0.15) is 11.3 Å². The molecule has 0 unspecified atom stereocenters. The van der Waals surface area contributed by atoms with E-state index in [0.29, 0.717) is 35.5 Å². The average Bonchev–Trinajstić information content (AvgIpc) is 3.07. The molecule has 0 saturated carbocycles. The molecule has 0 amide bonds. The van der Waals surface area contributed by atoms with Crippen molar-refractivity contribution in [2.45, 2.75) is 13.5 Å². The van der Waals surface area contributed by atoms with Crippen molar-refractivity contribution in [1.82, 2.24) is 10.1 Å². The predicted molar refractivity (Wildman–Crippen MR) is 62.3 cm³/mol. The van der Waals surface area contributed by atoms with Crippen LogP contribution in [0.15, 0.2) is 37.8 Å². The predicted octanol–water partition coefficient (Wildman–Crippen LogP) is 2.36. The molecule has 0 radical (unpaired) electrons. The molecule has 6 nitrogen and oxygen atoms in total. The van der Waals surface area contributed by atoms with Crippen molar-refractivity contribution in [3.05, 3.63) is 35.8 Å². The van der Waals surface area contributed by atoms with Crippen LogP contribution in [0, 0.1) is 6.92 Å². The van der Waals surface area contributed by atoms with E-state index in [2.05, 4.69) is 10.1 Å². The molecule has 92 valence electrons. The number of nitrogens with zero attached hydrogens (tertiary/aromatic N) is 2. The first kappa shape index (κ1) is 10.8. The molecule has 0 fully saturated rings. The van der Waals surface area contributed by atoms with Crippen LogP contribution in [0.25, 0.3) is 23.2 Å². The quantitative estimate of drug-likeness (QED) is 0.761. The van der Waals surface area contributed by atoms with Crippen molar-refractivity contribution in [3.8, 4) is 23.2 Å². The van der Waals surface area contributed by atoms with E-state index in [-0.39, 0.29) is 0 Å². The largest absolute Gasteiger partial charge is 0.461 e. The van der Waals surface area contributed by atoms with Gasteiger partial charge in [-0.2, -0.15) is 4.98 Å². The van der Waals surface area contributed by atoms with Gasteiger partial charge in [-0.25, -0.2) is 0 Å². The van der Waals surface area contributed by atoms with Crippen molar-refractivity contribution in [3.63, 3.8) is 0 Å². The molecule has 0 spiro atoms. The summed E-state index contributed by atoms with van der Waals surface area (Å²) in [7, 11) is 0. The first-order chi connectivity index (χ1) is 8.78. The highest BCUT2D eigenvalue weighted by atomic mass is 16.5. The lowest BCUT2D eigenvalue weighted by Crippen LogP contribution is -1.92. The Morgan fingerprint density at radius 1 is 1.28 bits per heavy atom. The third-order valence-electron chi connectivity index (χ3n) is 2.56. The normalized spacial score (nSPS) is 11.0. The van der Waals surface area contributed by atoms with Crippen molar-refractivity contribution in [2.75, 3.05) is 0 Å². The second-order valence-electron chi connectivity index (χ2n) is 3.83. The molecule has 0 atom stereocenters. The lowest BCUT2D eigenvalue weighted by Gasteiger charge is -1.88. The Balaban J connectivity index is 1.96. The van der Waals surface area contributed by atoms with Gasteiger partial charge < -0.3 is 19.1 Å². The summed E-state index contributed by atoms with van der Waals surface area (Å²) in [6.07, 6.45) is 1.58. The summed E-state index contributed by atoms with van der Waals surface area (Å²) >= 11 is 0. The molecule has 3 heterocycles. The van der Waals surface area contributed by atoms with E-state index >= 15 is 0 Å². The van der Waals surface area contributed by atoms with Gasteiger partial charge in [0.25, 0.3) is 5.89 Å². The van der Waals surface area contributed by atoms with Crippen LogP contribution in [0.5, 0.6) is 0 Å². The topological polar surface area (TPSA) is 91.2 Å². The van der Waals surface area contributed by atoms with Crippen LogP contribution in [-0.2, 0) is 6.54 Å². The molecule has 0 saturated heterocycles. The molecule has 0 aromatic carbocycles. The number of nitrogens with two attached hydrogens (primary N) is 1. The minimum absolute atomic E-state index is 0.306. The van der Waals surface area contributed by atoms with Gasteiger partial charge in [-0.3, -0.25) is 0 Å². The number of rotatable bonds is 3. The van der Waals surface area contributed by atoms with Crippen LogP contribution in [0.3, 0.4) is 0 Å². The Hall–Kier alpha value is -2.34. The van der Waals surface area contributed by atoms with Crippen LogP contribution < -0.4 is 5.73 Å². The van der Waals surface area contributed by atoms with E-state index in [1.54, 1.807) is 18.4 Å². The zero-order valence-corrected chi connectivity index (χ0v) is 9.71. The van der Waals surface area contributed by atoms with Crippen LogP contribution >= 0.6 is 0 Å². The first-order valence-electron chi connectivity index (χ1n) is 5.45. The van der Waals surface area contributed by atoms with Gasteiger partial charge in [-0.05, 0) is 30.7 Å². The van der Waals surface area contributed by atoms with Crippen LogP contribution in [0.2, 0.25) is 0 Å². The van der Waals surface area contributed by atoms with E-state index in [4.69, 9.17) is 19.1 Å². The molecule has 3 aromatic heterocycles. The molecule has 3 rings (SSSR count). The van der Waals surface area contributed by atoms with E-state index < -0.39 is 0 Å². The summed E-state index contributed by atoms with van der Waals surface area (Å²) < 4.78 is 15.8. The zero-order chi connectivity index (χ0) is 12.5. The number of aromatic nitrogens is 2. The third-order valence-corrected chi connectivity index (χ3v) is 2.56. The second-order valence-corrected chi connectivity index (χ2v) is 3.83. The molecule has 6 heteroatoms. The second kappa shape index (κ2) is 4.15. The monoisotopic (exact) mass is 245 g/mol. The summed E-state index contributed by atoms with van der Waals surface area (Å²) in [5.74, 6) is 2.46. The highest BCUT2D eigenvalue weighted by molar-refractivity contribution is 5.55. The Kier molecular flexibility index (Phi) is 2.49. The fourth-order valence-corrected chi connectivity index (χ4v) is 1.62. The summed E-state index contributed by atoms with van der Waals surface area (Å²) in [5, 5.41) is 3.86. The van der Waals surface area contributed by atoms with E-state index in [1.165, 1.54) is 0 Å². The Labute approximate surface area is 102 Å². The summed E-state index contributed by atoms with van der Waals surface area (Å²) in [6.45, 7) is 2.24. The molecule has 0 aliphatic rings. The van der Waals surface area contributed by atoms with Gasteiger partial charge in [-0.15, -0.1) is 0 Å². The maximum absolute atomic E-state index is 5.47. The van der Waals surface area contributed by atoms with Gasteiger partial charge in [-0.1, -0.05) is 5.16 Å². The van der Waals surface area contributed by atoms with E-state index in [0.717, 1.165) is 5.56 Å². The number of hydrogen-bond donors (Lipinski definition) is 1. The minimum Gasteiger partial charge on any atom is -0.461 e. The fraction of sp³-hybridized carbons (Fsp3) is 0.167. The SMILES string of the molecule is Cc1ccoc1-c1noc(-c2ccc(CN)o2)n1. The smallest absolute Gasteiger partial charge is 0.294 e. The fourth-order valence-electron chi connectivity index (χ4n) is 1.62. The molecule has 0 aliphatic heterocycles. The number of aryl methyl sites for hydroxylation is 1. The molecule has 3 aromatic rings. The molecule has 0 bridgehead atoms. The molecule has 2 N–H and O–H groups in total. The molecular formula is C12H11N3O3. The highest BCUT2D eigenvalue weighted by Gasteiger charge is 2.16. The van der Waals surface area contributed by atoms with Crippen molar-refractivity contribution < 1.29 is 13.4 Å². The molecule has 18 heavy (non-hydrogen) atoms. The minimum atomic E-state index is 0.306. The number of furan rings is 2. The maximum atomic E-state index is 5.47. The lowest BCUT2D eigenvalue weighted by atomic mass is 10.3. The highest BCUT2D eigenvalue weighted by Crippen LogP contribution is 2.26.